The summed E-state index contributed by atoms with van der Waals surface area (Å²) in [7, 11) is 0. The minimum absolute atomic E-state index is 0.252. The lowest BCUT2D eigenvalue weighted by Gasteiger charge is -2.29. The summed E-state index contributed by atoms with van der Waals surface area (Å²) in [6.07, 6.45) is 0.506. The van der Waals surface area contributed by atoms with Crippen LogP contribution in [0.2, 0.25) is 5.02 Å². The summed E-state index contributed by atoms with van der Waals surface area (Å²) in [5, 5.41) is 0.655. The van der Waals surface area contributed by atoms with E-state index < -0.39 is 0 Å². The van der Waals surface area contributed by atoms with E-state index in [4.69, 9.17) is 21.1 Å². The molecule has 1 aliphatic heterocycles. The van der Waals surface area contributed by atoms with Crippen molar-refractivity contribution in [2.24, 2.45) is 0 Å². The zero-order valence-electron chi connectivity index (χ0n) is 14.4. The molecule has 2 aromatic carbocycles. The van der Waals surface area contributed by atoms with E-state index in [1.54, 1.807) is 12.1 Å². The second kappa shape index (κ2) is 8.65. The van der Waals surface area contributed by atoms with E-state index in [9.17, 15) is 4.39 Å². The molecule has 0 aromatic heterocycles. The summed E-state index contributed by atoms with van der Waals surface area (Å²) < 4.78 is 25.6. The van der Waals surface area contributed by atoms with Gasteiger partial charge in [-0.1, -0.05) is 29.8 Å². The number of hydrogen-bond donors (Lipinski definition) is 0. The molecule has 1 atom stereocenters. The first kappa shape index (κ1) is 18.2. The lowest BCUT2D eigenvalue weighted by Crippen LogP contribution is -2.37. The minimum Gasteiger partial charge on any atom is -0.483 e. The first-order valence-electron chi connectivity index (χ1n) is 8.60. The van der Waals surface area contributed by atoms with Crippen LogP contribution in [0.1, 0.15) is 23.7 Å². The molecule has 25 heavy (non-hydrogen) atoms. The van der Waals surface area contributed by atoms with Gasteiger partial charge in [-0.2, -0.15) is 0 Å². The predicted molar refractivity (Wildman–Crippen MR) is 97.8 cm³/mol. The van der Waals surface area contributed by atoms with Gasteiger partial charge in [0.05, 0.1) is 13.2 Å². The summed E-state index contributed by atoms with van der Waals surface area (Å²) >= 11 is 6.14. The highest BCUT2D eigenvalue weighted by atomic mass is 35.5. The monoisotopic (exact) mass is 363 g/mol. The first-order chi connectivity index (χ1) is 12.1. The molecule has 1 fully saturated rings. The second-order valence-corrected chi connectivity index (χ2v) is 6.77. The summed E-state index contributed by atoms with van der Waals surface area (Å²) in [5.41, 5.74) is 1.93. The Labute approximate surface area is 153 Å². The highest BCUT2D eigenvalue weighted by Crippen LogP contribution is 2.29. The lowest BCUT2D eigenvalue weighted by molar-refractivity contribution is 0.0315. The van der Waals surface area contributed by atoms with Crippen molar-refractivity contribution >= 4 is 11.6 Å². The van der Waals surface area contributed by atoms with Crippen molar-refractivity contribution < 1.29 is 13.9 Å². The number of nitrogens with zero attached hydrogens (tertiary/aromatic N) is 1. The minimum atomic E-state index is -0.344. The van der Waals surface area contributed by atoms with Crippen LogP contribution in [-0.2, 0) is 4.74 Å². The first-order valence-corrected chi connectivity index (χ1v) is 8.98. The second-order valence-electron chi connectivity index (χ2n) is 6.34. The Kier molecular flexibility index (Phi) is 6.29. The van der Waals surface area contributed by atoms with Gasteiger partial charge in [-0.15, -0.1) is 0 Å². The SMILES string of the molecule is Cc1ccc(F)c(OC(CCN2CCOCC2)c2cccc(Cl)c2)c1. The van der Waals surface area contributed by atoms with Crippen molar-refractivity contribution in [3.63, 3.8) is 0 Å². The zero-order chi connectivity index (χ0) is 17.6. The standard InChI is InChI=1S/C20H23ClFNO2/c1-15-5-6-18(22)20(13-15)25-19(16-3-2-4-17(21)14-16)7-8-23-9-11-24-12-10-23/h2-6,13-14,19H,7-12H2,1H3. The predicted octanol–water partition coefficient (Wildman–Crippen LogP) is 4.63. The van der Waals surface area contributed by atoms with Crippen LogP contribution < -0.4 is 4.74 Å². The molecule has 2 aromatic rings. The van der Waals surface area contributed by atoms with Crippen LogP contribution in [-0.4, -0.2) is 37.7 Å². The average Bonchev–Trinajstić information content (AvgIpc) is 2.62. The van der Waals surface area contributed by atoms with Gasteiger partial charge in [0, 0.05) is 31.1 Å². The van der Waals surface area contributed by atoms with E-state index in [2.05, 4.69) is 4.90 Å². The molecule has 0 radical (unpaired) electrons. The third-order valence-electron chi connectivity index (χ3n) is 4.39. The van der Waals surface area contributed by atoms with Crippen LogP contribution in [0, 0.1) is 12.7 Å². The number of rotatable bonds is 6. The Morgan fingerprint density at radius 2 is 2.00 bits per heavy atom. The number of benzene rings is 2. The Morgan fingerprint density at radius 3 is 2.76 bits per heavy atom. The van der Waals surface area contributed by atoms with Gasteiger partial charge >= 0.3 is 0 Å². The maximum absolute atomic E-state index is 14.1. The maximum atomic E-state index is 14.1. The molecule has 134 valence electrons. The number of hydrogen-bond acceptors (Lipinski definition) is 3. The molecule has 3 rings (SSSR count). The van der Waals surface area contributed by atoms with Gasteiger partial charge in [0.15, 0.2) is 11.6 Å². The van der Waals surface area contributed by atoms with Crippen molar-refractivity contribution in [3.05, 3.63) is 64.4 Å². The van der Waals surface area contributed by atoms with Gasteiger partial charge in [0.1, 0.15) is 6.10 Å². The molecular weight excluding hydrogens is 341 g/mol. The highest BCUT2D eigenvalue weighted by molar-refractivity contribution is 6.30. The van der Waals surface area contributed by atoms with E-state index >= 15 is 0 Å². The molecular formula is C20H23ClFNO2. The summed E-state index contributed by atoms with van der Waals surface area (Å²) in [4.78, 5) is 2.34. The number of halogens is 2. The number of aryl methyl sites for hydroxylation is 1. The van der Waals surface area contributed by atoms with Crippen LogP contribution in [0.3, 0.4) is 0 Å². The Hall–Kier alpha value is -1.62. The van der Waals surface area contributed by atoms with Crippen LogP contribution in [0.4, 0.5) is 4.39 Å². The molecule has 0 saturated carbocycles. The van der Waals surface area contributed by atoms with E-state index in [1.807, 2.05) is 31.2 Å². The van der Waals surface area contributed by atoms with E-state index in [0.717, 1.165) is 50.4 Å². The molecule has 0 aliphatic carbocycles. The van der Waals surface area contributed by atoms with Gasteiger partial charge < -0.3 is 9.47 Å². The number of morpholine rings is 1. The van der Waals surface area contributed by atoms with E-state index in [-0.39, 0.29) is 17.7 Å². The zero-order valence-corrected chi connectivity index (χ0v) is 15.1. The Morgan fingerprint density at radius 1 is 1.20 bits per heavy atom. The fraction of sp³-hybridized carbons (Fsp3) is 0.400. The molecule has 0 spiro atoms. The van der Waals surface area contributed by atoms with Crippen molar-refractivity contribution in [2.45, 2.75) is 19.4 Å². The molecule has 0 amide bonds. The molecule has 1 heterocycles. The smallest absolute Gasteiger partial charge is 0.165 e. The van der Waals surface area contributed by atoms with Crippen LogP contribution in [0.5, 0.6) is 5.75 Å². The quantitative estimate of drug-likeness (QED) is 0.746. The van der Waals surface area contributed by atoms with Gasteiger partial charge in [0.2, 0.25) is 0 Å². The van der Waals surface area contributed by atoms with Crippen molar-refractivity contribution in [1.29, 1.82) is 0 Å². The van der Waals surface area contributed by atoms with Gasteiger partial charge in [-0.3, -0.25) is 4.90 Å². The molecule has 1 aliphatic rings. The molecule has 0 bridgehead atoms. The van der Waals surface area contributed by atoms with Crippen LogP contribution in [0.15, 0.2) is 42.5 Å². The molecule has 3 nitrogen and oxygen atoms in total. The topological polar surface area (TPSA) is 21.7 Å². The number of ether oxygens (including phenoxy) is 2. The van der Waals surface area contributed by atoms with Gasteiger partial charge in [0.25, 0.3) is 0 Å². The summed E-state index contributed by atoms with van der Waals surface area (Å²) in [6, 6.07) is 12.5. The Balaban J connectivity index is 1.77. The van der Waals surface area contributed by atoms with Gasteiger partial charge in [-0.25, -0.2) is 4.39 Å². The fourth-order valence-corrected chi connectivity index (χ4v) is 3.18. The molecule has 1 saturated heterocycles. The average molecular weight is 364 g/mol. The molecule has 0 N–H and O–H groups in total. The largest absolute Gasteiger partial charge is 0.483 e. The third kappa shape index (κ3) is 5.18. The van der Waals surface area contributed by atoms with Crippen molar-refractivity contribution in [2.75, 3.05) is 32.8 Å². The van der Waals surface area contributed by atoms with Crippen LogP contribution >= 0.6 is 11.6 Å². The summed E-state index contributed by atoms with van der Waals surface area (Å²) in [6.45, 7) is 6.15. The van der Waals surface area contributed by atoms with E-state index in [0.29, 0.717) is 5.02 Å². The molecule has 5 heteroatoms. The Bertz CT molecular complexity index is 704. The van der Waals surface area contributed by atoms with Crippen molar-refractivity contribution in [1.82, 2.24) is 4.90 Å². The van der Waals surface area contributed by atoms with Crippen molar-refractivity contribution in [3.8, 4) is 5.75 Å². The van der Waals surface area contributed by atoms with E-state index in [1.165, 1.54) is 6.07 Å². The fourth-order valence-electron chi connectivity index (χ4n) is 2.98. The lowest BCUT2D eigenvalue weighted by atomic mass is 10.1. The van der Waals surface area contributed by atoms with Crippen LogP contribution in [0.25, 0.3) is 0 Å². The maximum Gasteiger partial charge on any atom is 0.165 e. The normalized spacial score (nSPS) is 16.6. The third-order valence-corrected chi connectivity index (χ3v) is 4.62. The molecule has 1 unspecified atom stereocenters. The summed E-state index contributed by atoms with van der Waals surface area (Å²) in [5.74, 6) is -0.0593. The van der Waals surface area contributed by atoms with Gasteiger partial charge in [-0.05, 0) is 42.3 Å². The highest BCUT2D eigenvalue weighted by Gasteiger charge is 2.19.